The van der Waals surface area contributed by atoms with Crippen LogP contribution in [0, 0.1) is 6.92 Å². The van der Waals surface area contributed by atoms with Gasteiger partial charge in [0.25, 0.3) is 5.91 Å². The van der Waals surface area contributed by atoms with E-state index in [4.69, 9.17) is 20.9 Å². The zero-order valence-corrected chi connectivity index (χ0v) is 13.1. The number of nitrogens with zero attached hydrogens (tertiary/aromatic N) is 2. The number of carbonyl (C=O) groups excluding carboxylic acids is 1. The first-order chi connectivity index (χ1) is 10.6. The summed E-state index contributed by atoms with van der Waals surface area (Å²) >= 11 is 5.85. The van der Waals surface area contributed by atoms with E-state index in [2.05, 4.69) is 5.16 Å². The van der Waals surface area contributed by atoms with Gasteiger partial charge in [-0.3, -0.25) is 4.79 Å². The Hall–Kier alpha value is -2.01. The van der Waals surface area contributed by atoms with Gasteiger partial charge >= 0.3 is 0 Å². The zero-order chi connectivity index (χ0) is 15.5. The molecule has 1 fully saturated rings. The van der Waals surface area contributed by atoms with E-state index in [9.17, 15) is 4.79 Å². The van der Waals surface area contributed by atoms with Crippen molar-refractivity contribution in [3.8, 4) is 5.75 Å². The number of benzene rings is 1. The molecule has 0 unspecified atom stereocenters. The smallest absolute Gasteiger partial charge is 0.276 e. The highest BCUT2D eigenvalue weighted by atomic mass is 35.5. The molecule has 0 saturated carbocycles. The van der Waals surface area contributed by atoms with E-state index >= 15 is 0 Å². The second-order valence-electron chi connectivity index (χ2n) is 5.31. The van der Waals surface area contributed by atoms with Crippen molar-refractivity contribution in [2.75, 3.05) is 13.1 Å². The maximum absolute atomic E-state index is 12.5. The first kappa shape index (κ1) is 14.9. The van der Waals surface area contributed by atoms with E-state index in [0.717, 1.165) is 25.9 Å². The normalized spacial score (nSPS) is 14.4. The summed E-state index contributed by atoms with van der Waals surface area (Å²) in [4.78, 5) is 14.3. The van der Waals surface area contributed by atoms with Crippen molar-refractivity contribution in [2.24, 2.45) is 0 Å². The second-order valence-corrected chi connectivity index (χ2v) is 5.74. The lowest BCUT2D eigenvalue weighted by atomic mass is 10.2. The fourth-order valence-corrected chi connectivity index (χ4v) is 2.61. The summed E-state index contributed by atoms with van der Waals surface area (Å²) in [6.45, 7) is 3.59. The van der Waals surface area contributed by atoms with Gasteiger partial charge in [0.15, 0.2) is 5.69 Å². The fraction of sp³-hybridized carbons (Fsp3) is 0.375. The van der Waals surface area contributed by atoms with Gasteiger partial charge < -0.3 is 14.2 Å². The molecule has 2 heterocycles. The largest absolute Gasteiger partial charge is 0.489 e. The molecule has 1 aromatic heterocycles. The van der Waals surface area contributed by atoms with Crippen molar-refractivity contribution in [3.63, 3.8) is 0 Å². The van der Waals surface area contributed by atoms with E-state index in [1.54, 1.807) is 31.2 Å². The van der Waals surface area contributed by atoms with Gasteiger partial charge in [0, 0.05) is 18.1 Å². The number of rotatable bonds is 4. The monoisotopic (exact) mass is 320 g/mol. The SMILES string of the molecule is Cc1onc(C(=O)N2CCCC2)c1COc1ccc(Cl)cc1. The summed E-state index contributed by atoms with van der Waals surface area (Å²) < 4.78 is 10.9. The van der Waals surface area contributed by atoms with Crippen LogP contribution in [0.4, 0.5) is 0 Å². The van der Waals surface area contributed by atoms with Gasteiger partial charge in [-0.15, -0.1) is 0 Å². The number of carbonyl (C=O) groups is 1. The number of halogens is 1. The molecule has 1 saturated heterocycles. The Labute approximate surface area is 133 Å². The van der Waals surface area contributed by atoms with Crippen LogP contribution >= 0.6 is 11.6 Å². The van der Waals surface area contributed by atoms with Crippen molar-refractivity contribution in [1.82, 2.24) is 10.1 Å². The molecule has 3 rings (SSSR count). The first-order valence-electron chi connectivity index (χ1n) is 7.28. The van der Waals surface area contributed by atoms with Crippen LogP contribution in [-0.4, -0.2) is 29.1 Å². The molecule has 1 amide bonds. The van der Waals surface area contributed by atoms with E-state index < -0.39 is 0 Å². The molecule has 1 aliphatic heterocycles. The summed E-state index contributed by atoms with van der Waals surface area (Å²) in [5.74, 6) is 1.21. The summed E-state index contributed by atoms with van der Waals surface area (Å²) in [7, 11) is 0. The van der Waals surface area contributed by atoms with Crippen LogP contribution in [0.15, 0.2) is 28.8 Å². The molecular formula is C16H17ClN2O3. The van der Waals surface area contributed by atoms with Crippen LogP contribution in [0.3, 0.4) is 0 Å². The van der Waals surface area contributed by atoms with E-state index in [-0.39, 0.29) is 12.5 Å². The average Bonchev–Trinajstić information content (AvgIpc) is 3.16. The fourth-order valence-electron chi connectivity index (χ4n) is 2.49. The molecule has 116 valence electrons. The summed E-state index contributed by atoms with van der Waals surface area (Å²) in [5, 5.41) is 4.57. The van der Waals surface area contributed by atoms with Crippen LogP contribution in [0.2, 0.25) is 5.02 Å². The van der Waals surface area contributed by atoms with Crippen LogP contribution in [0.5, 0.6) is 5.75 Å². The van der Waals surface area contributed by atoms with Crippen LogP contribution in [0.25, 0.3) is 0 Å². The summed E-state index contributed by atoms with van der Waals surface area (Å²) in [6.07, 6.45) is 2.08. The predicted octanol–water partition coefficient (Wildman–Crippen LogP) is 3.45. The number of likely N-dealkylation sites (tertiary alicyclic amines) is 1. The molecule has 1 aliphatic rings. The van der Waals surface area contributed by atoms with E-state index in [0.29, 0.717) is 27.8 Å². The molecule has 0 N–H and O–H groups in total. The molecule has 6 heteroatoms. The predicted molar refractivity (Wildman–Crippen MR) is 82.2 cm³/mol. The lowest BCUT2D eigenvalue weighted by Gasteiger charge is -2.14. The minimum Gasteiger partial charge on any atom is -0.489 e. The Morgan fingerprint density at radius 1 is 1.32 bits per heavy atom. The third kappa shape index (κ3) is 3.09. The van der Waals surface area contributed by atoms with Gasteiger partial charge in [-0.2, -0.15) is 0 Å². The average molecular weight is 321 g/mol. The Kier molecular flexibility index (Phi) is 4.34. The quantitative estimate of drug-likeness (QED) is 0.865. The molecule has 1 aromatic carbocycles. The molecule has 5 nitrogen and oxygen atoms in total. The number of hydrogen-bond acceptors (Lipinski definition) is 4. The topological polar surface area (TPSA) is 55.6 Å². The number of hydrogen-bond donors (Lipinski definition) is 0. The van der Waals surface area contributed by atoms with Gasteiger partial charge in [-0.05, 0) is 44.0 Å². The van der Waals surface area contributed by atoms with Crippen molar-refractivity contribution >= 4 is 17.5 Å². The van der Waals surface area contributed by atoms with Gasteiger partial charge in [0.05, 0.1) is 5.56 Å². The minimum absolute atomic E-state index is 0.0796. The summed E-state index contributed by atoms with van der Waals surface area (Å²) in [6, 6.07) is 7.08. The molecular weight excluding hydrogens is 304 g/mol. The van der Waals surface area contributed by atoms with Crippen molar-refractivity contribution in [1.29, 1.82) is 0 Å². The molecule has 0 radical (unpaired) electrons. The minimum atomic E-state index is -0.0796. The third-order valence-corrected chi connectivity index (χ3v) is 4.03. The lowest BCUT2D eigenvalue weighted by Crippen LogP contribution is -2.28. The van der Waals surface area contributed by atoms with Crippen molar-refractivity contribution in [3.05, 3.63) is 46.3 Å². The molecule has 0 aliphatic carbocycles. The van der Waals surface area contributed by atoms with Crippen LogP contribution < -0.4 is 4.74 Å². The molecule has 0 atom stereocenters. The van der Waals surface area contributed by atoms with E-state index in [1.165, 1.54) is 0 Å². The summed E-state index contributed by atoms with van der Waals surface area (Å²) in [5.41, 5.74) is 1.06. The van der Waals surface area contributed by atoms with E-state index in [1.807, 2.05) is 4.90 Å². The van der Waals surface area contributed by atoms with Gasteiger partial charge in [-0.25, -0.2) is 0 Å². The van der Waals surface area contributed by atoms with Crippen LogP contribution in [-0.2, 0) is 6.61 Å². The Morgan fingerprint density at radius 3 is 2.68 bits per heavy atom. The van der Waals surface area contributed by atoms with Crippen molar-refractivity contribution < 1.29 is 14.1 Å². The molecule has 2 aromatic rings. The lowest BCUT2D eigenvalue weighted by molar-refractivity contribution is 0.0780. The van der Waals surface area contributed by atoms with Gasteiger partial charge in [0.1, 0.15) is 18.1 Å². The maximum atomic E-state index is 12.5. The molecule has 22 heavy (non-hydrogen) atoms. The Morgan fingerprint density at radius 2 is 2.00 bits per heavy atom. The van der Waals surface area contributed by atoms with Gasteiger partial charge in [0.2, 0.25) is 0 Å². The van der Waals surface area contributed by atoms with Crippen molar-refractivity contribution in [2.45, 2.75) is 26.4 Å². The number of aromatic nitrogens is 1. The first-order valence-corrected chi connectivity index (χ1v) is 7.66. The van der Waals surface area contributed by atoms with Crippen LogP contribution in [0.1, 0.15) is 34.7 Å². The Balaban J connectivity index is 1.74. The van der Waals surface area contributed by atoms with Gasteiger partial charge in [-0.1, -0.05) is 16.8 Å². The third-order valence-electron chi connectivity index (χ3n) is 3.78. The second kappa shape index (κ2) is 6.40. The maximum Gasteiger partial charge on any atom is 0.276 e. The highest BCUT2D eigenvalue weighted by Crippen LogP contribution is 2.21. The molecule has 0 spiro atoms. The highest BCUT2D eigenvalue weighted by molar-refractivity contribution is 6.30. The number of amides is 1. The molecule has 0 bridgehead atoms. The Bertz CT molecular complexity index is 661. The standard InChI is InChI=1S/C16H17ClN2O3/c1-11-14(10-21-13-6-4-12(17)5-7-13)15(18-22-11)16(20)19-8-2-3-9-19/h4-7H,2-3,8-10H2,1H3. The highest BCUT2D eigenvalue weighted by Gasteiger charge is 2.26. The number of ether oxygens (including phenoxy) is 1. The zero-order valence-electron chi connectivity index (χ0n) is 12.3. The number of aryl methyl sites for hydroxylation is 1.